The fraction of sp³-hybridized carbons (Fsp3) is 0.333. The number of nitrogen functional groups attached to an aromatic ring is 2. The first-order chi connectivity index (χ1) is 5.68. The summed E-state index contributed by atoms with van der Waals surface area (Å²) in [6.45, 7) is 0. The number of anilines is 2. The van der Waals surface area contributed by atoms with E-state index >= 15 is 0 Å². The van der Waals surface area contributed by atoms with Crippen LogP contribution >= 0.6 is 0 Å². The first-order valence-electron chi connectivity index (χ1n) is 4.03. The van der Waals surface area contributed by atoms with E-state index in [1.54, 1.807) is 0 Å². The van der Waals surface area contributed by atoms with E-state index in [0.29, 0.717) is 11.6 Å². The number of nitrogens with two attached hydrogens (primary N) is 2. The summed E-state index contributed by atoms with van der Waals surface area (Å²) >= 11 is 0. The summed E-state index contributed by atoms with van der Waals surface area (Å²) in [5, 5.41) is 0. The lowest BCUT2D eigenvalue weighted by Crippen LogP contribution is -1.98. The van der Waals surface area contributed by atoms with E-state index in [-0.39, 0.29) is 11.5 Å². The van der Waals surface area contributed by atoms with Gasteiger partial charge in [0.1, 0.15) is 5.82 Å². The van der Waals surface area contributed by atoms with Crippen LogP contribution in [0.5, 0.6) is 0 Å². The molecule has 0 heterocycles. The average molecular weight is 166 g/mol. The maximum absolute atomic E-state index is 13.0. The van der Waals surface area contributed by atoms with E-state index in [4.69, 9.17) is 11.5 Å². The van der Waals surface area contributed by atoms with Crippen LogP contribution < -0.4 is 11.5 Å². The lowest BCUT2D eigenvalue weighted by atomic mass is 10.1. The Hall–Kier alpha value is -1.25. The summed E-state index contributed by atoms with van der Waals surface area (Å²) in [5.41, 5.74) is 12.7. The second-order valence-electron chi connectivity index (χ2n) is 3.28. The van der Waals surface area contributed by atoms with Crippen LogP contribution in [0.1, 0.15) is 24.3 Å². The lowest BCUT2D eigenvalue weighted by Gasteiger charge is -2.05. The minimum absolute atomic E-state index is 0.136. The third kappa shape index (κ3) is 1.11. The molecular formula is C9H11FN2. The van der Waals surface area contributed by atoms with Crippen LogP contribution in [0.4, 0.5) is 15.8 Å². The van der Waals surface area contributed by atoms with Gasteiger partial charge in [0, 0.05) is 5.69 Å². The molecule has 0 aliphatic heterocycles. The van der Waals surface area contributed by atoms with Crippen molar-refractivity contribution in [2.75, 3.05) is 11.5 Å². The van der Waals surface area contributed by atoms with Crippen molar-refractivity contribution in [1.82, 2.24) is 0 Å². The van der Waals surface area contributed by atoms with Crippen molar-refractivity contribution in [3.05, 3.63) is 23.5 Å². The third-order valence-corrected chi connectivity index (χ3v) is 2.22. The molecule has 0 aromatic heterocycles. The van der Waals surface area contributed by atoms with E-state index in [0.717, 1.165) is 18.4 Å². The summed E-state index contributed by atoms with van der Waals surface area (Å²) < 4.78 is 13.0. The van der Waals surface area contributed by atoms with Gasteiger partial charge in [-0.2, -0.15) is 0 Å². The van der Waals surface area contributed by atoms with Gasteiger partial charge in [-0.15, -0.1) is 0 Å². The zero-order valence-electron chi connectivity index (χ0n) is 6.68. The van der Waals surface area contributed by atoms with Crippen molar-refractivity contribution >= 4 is 11.4 Å². The van der Waals surface area contributed by atoms with E-state index in [1.807, 2.05) is 0 Å². The smallest absolute Gasteiger partial charge is 0.146 e. The van der Waals surface area contributed by atoms with E-state index in [1.165, 1.54) is 12.1 Å². The molecule has 0 amide bonds. The van der Waals surface area contributed by atoms with Crippen molar-refractivity contribution in [1.29, 1.82) is 0 Å². The predicted molar refractivity (Wildman–Crippen MR) is 47.2 cm³/mol. The molecule has 1 aromatic carbocycles. The van der Waals surface area contributed by atoms with Crippen molar-refractivity contribution in [2.24, 2.45) is 0 Å². The highest BCUT2D eigenvalue weighted by molar-refractivity contribution is 5.59. The van der Waals surface area contributed by atoms with Crippen molar-refractivity contribution in [3.63, 3.8) is 0 Å². The molecule has 0 unspecified atom stereocenters. The summed E-state index contributed by atoms with van der Waals surface area (Å²) in [5.74, 6) is 0.117. The molecule has 2 rings (SSSR count). The Morgan fingerprint density at radius 3 is 2.42 bits per heavy atom. The highest BCUT2D eigenvalue weighted by Crippen LogP contribution is 2.43. The Balaban J connectivity index is 2.47. The molecule has 1 fully saturated rings. The summed E-state index contributed by atoms with van der Waals surface area (Å²) in [4.78, 5) is 0. The van der Waals surface area contributed by atoms with Gasteiger partial charge in [-0.1, -0.05) is 0 Å². The minimum atomic E-state index is -0.355. The predicted octanol–water partition coefficient (Wildman–Crippen LogP) is 1.87. The normalized spacial score (nSPS) is 16.4. The van der Waals surface area contributed by atoms with Crippen LogP contribution in [0.3, 0.4) is 0 Å². The van der Waals surface area contributed by atoms with Gasteiger partial charge in [0.15, 0.2) is 0 Å². The van der Waals surface area contributed by atoms with Crippen LogP contribution in [-0.2, 0) is 0 Å². The highest BCUT2D eigenvalue weighted by Gasteiger charge is 2.26. The SMILES string of the molecule is Nc1cc(N)c(C2CC2)cc1F. The number of rotatable bonds is 1. The number of hydrogen-bond acceptors (Lipinski definition) is 2. The van der Waals surface area contributed by atoms with Crippen LogP contribution in [-0.4, -0.2) is 0 Å². The Morgan fingerprint density at radius 2 is 1.83 bits per heavy atom. The highest BCUT2D eigenvalue weighted by atomic mass is 19.1. The Labute approximate surface area is 70.4 Å². The molecule has 1 aliphatic carbocycles. The molecule has 1 saturated carbocycles. The van der Waals surface area contributed by atoms with Gasteiger partial charge >= 0.3 is 0 Å². The van der Waals surface area contributed by atoms with Crippen LogP contribution in [0.25, 0.3) is 0 Å². The molecule has 2 nitrogen and oxygen atoms in total. The number of hydrogen-bond donors (Lipinski definition) is 2. The molecule has 0 bridgehead atoms. The van der Waals surface area contributed by atoms with Gasteiger partial charge in [-0.3, -0.25) is 0 Å². The molecule has 0 spiro atoms. The summed E-state index contributed by atoms with van der Waals surface area (Å²) in [6, 6.07) is 2.96. The maximum Gasteiger partial charge on any atom is 0.146 e. The first-order valence-corrected chi connectivity index (χ1v) is 4.03. The Bertz CT molecular complexity index is 319. The summed E-state index contributed by atoms with van der Waals surface area (Å²) in [6.07, 6.45) is 2.24. The van der Waals surface area contributed by atoms with Crippen molar-refractivity contribution < 1.29 is 4.39 Å². The molecule has 4 N–H and O–H groups in total. The quantitative estimate of drug-likeness (QED) is 0.626. The van der Waals surface area contributed by atoms with Crippen LogP contribution in [0.2, 0.25) is 0 Å². The first kappa shape index (κ1) is 7.40. The van der Waals surface area contributed by atoms with Gasteiger partial charge in [0.25, 0.3) is 0 Å². The van der Waals surface area contributed by atoms with Crippen molar-refractivity contribution in [3.8, 4) is 0 Å². The van der Waals surface area contributed by atoms with E-state index in [9.17, 15) is 4.39 Å². The molecule has 0 radical (unpaired) electrons. The number of benzene rings is 1. The van der Waals surface area contributed by atoms with Crippen molar-refractivity contribution in [2.45, 2.75) is 18.8 Å². The van der Waals surface area contributed by atoms with E-state index < -0.39 is 0 Å². The Kier molecular flexibility index (Phi) is 1.46. The van der Waals surface area contributed by atoms with Crippen LogP contribution in [0, 0.1) is 5.82 Å². The van der Waals surface area contributed by atoms with Gasteiger partial charge in [0.05, 0.1) is 5.69 Å². The number of halogens is 1. The monoisotopic (exact) mass is 166 g/mol. The standard InChI is InChI=1S/C9H11FN2/c10-7-3-6(5-1-2-5)8(11)4-9(7)12/h3-5H,1-2,11-12H2. The van der Waals surface area contributed by atoms with Gasteiger partial charge in [-0.25, -0.2) is 4.39 Å². The molecule has 1 aliphatic rings. The molecule has 1 aromatic rings. The lowest BCUT2D eigenvalue weighted by molar-refractivity contribution is 0.630. The van der Waals surface area contributed by atoms with Crippen LogP contribution in [0.15, 0.2) is 12.1 Å². The molecule has 12 heavy (non-hydrogen) atoms. The van der Waals surface area contributed by atoms with Gasteiger partial charge in [-0.05, 0) is 36.5 Å². The second-order valence-corrected chi connectivity index (χ2v) is 3.28. The zero-order valence-corrected chi connectivity index (χ0v) is 6.68. The molecule has 64 valence electrons. The van der Waals surface area contributed by atoms with Gasteiger partial charge in [0.2, 0.25) is 0 Å². The minimum Gasteiger partial charge on any atom is -0.398 e. The fourth-order valence-corrected chi connectivity index (χ4v) is 1.37. The fourth-order valence-electron chi connectivity index (χ4n) is 1.37. The second kappa shape index (κ2) is 2.37. The maximum atomic E-state index is 13.0. The molecular weight excluding hydrogens is 155 g/mol. The van der Waals surface area contributed by atoms with Gasteiger partial charge < -0.3 is 11.5 Å². The van der Waals surface area contributed by atoms with E-state index in [2.05, 4.69) is 0 Å². The molecule has 3 heteroatoms. The zero-order chi connectivity index (χ0) is 8.72. The topological polar surface area (TPSA) is 52.0 Å². The molecule has 0 saturated heterocycles. The largest absolute Gasteiger partial charge is 0.398 e. The Morgan fingerprint density at radius 1 is 1.17 bits per heavy atom. The average Bonchev–Trinajstić information content (AvgIpc) is 2.79. The third-order valence-electron chi connectivity index (χ3n) is 2.22. The summed E-state index contributed by atoms with van der Waals surface area (Å²) in [7, 11) is 0. The molecule has 0 atom stereocenters.